The lowest BCUT2D eigenvalue weighted by molar-refractivity contribution is 0.174. The van der Waals surface area contributed by atoms with Crippen molar-refractivity contribution in [3.05, 3.63) is 40.3 Å². The van der Waals surface area contributed by atoms with Crippen LogP contribution in [0.25, 0.3) is 0 Å². The van der Waals surface area contributed by atoms with Gasteiger partial charge in [0.05, 0.1) is 0 Å². The molecular formula is C11H8N2O3S. The summed E-state index contributed by atoms with van der Waals surface area (Å²) < 4.78 is 10.5. The molecule has 0 saturated carbocycles. The first-order valence-corrected chi connectivity index (χ1v) is 5.78. The zero-order valence-corrected chi connectivity index (χ0v) is 9.48. The van der Waals surface area contributed by atoms with Crippen molar-refractivity contribution in [2.24, 2.45) is 5.16 Å². The maximum atomic E-state index is 9.08. The lowest BCUT2D eigenvalue weighted by atomic mass is 10.1. The fourth-order valence-electron chi connectivity index (χ4n) is 1.61. The second kappa shape index (κ2) is 4.06. The number of oxime groups is 1. The minimum atomic E-state index is 0.224. The quantitative estimate of drug-likeness (QED) is 0.502. The van der Waals surface area contributed by atoms with Crippen molar-refractivity contribution >= 4 is 17.0 Å². The smallest absolute Gasteiger partial charge is 0.231 e. The number of ether oxygens (including phenoxy) is 2. The number of hydrogen-bond acceptors (Lipinski definition) is 6. The Balaban J connectivity index is 2.04. The van der Waals surface area contributed by atoms with Crippen LogP contribution < -0.4 is 9.47 Å². The summed E-state index contributed by atoms with van der Waals surface area (Å²) in [5.74, 6) is 1.35. The predicted octanol–water partition coefficient (Wildman–Crippen LogP) is 2.10. The van der Waals surface area contributed by atoms with Crippen molar-refractivity contribution in [2.45, 2.75) is 0 Å². The van der Waals surface area contributed by atoms with Crippen LogP contribution in [-0.2, 0) is 0 Å². The van der Waals surface area contributed by atoms with E-state index in [1.165, 1.54) is 11.3 Å². The molecule has 86 valence electrons. The van der Waals surface area contributed by atoms with E-state index in [1.54, 1.807) is 18.3 Å². The number of nitrogens with zero attached hydrogens (tertiary/aromatic N) is 2. The molecule has 0 atom stereocenters. The Labute approximate surface area is 101 Å². The van der Waals surface area contributed by atoms with Crippen LogP contribution in [0.15, 0.2) is 34.9 Å². The molecule has 1 aliphatic heterocycles. The standard InChI is InChI=1S/C11H8N2O3S/c14-13-10(11-12-3-4-17-11)7-1-2-8-9(5-7)16-6-15-8/h1-5,14H,6H2. The zero-order valence-electron chi connectivity index (χ0n) is 8.66. The molecule has 17 heavy (non-hydrogen) atoms. The van der Waals surface area contributed by atoms with Gasteiger partial charge >= 0.3 is 0 Å². The lowest BCUT2D eigenvalue weighted by Crippen LogP contribution is -2.02. The first kappa shape index (κ1) is 10.1. The highest BCUT2D eigenvalue weighted by Gasteiger charge is 2.17. The summed E-state index contributed by atoms with van der Waals surface area (Å²) in [6.45, 7) is 0.224. The second-order valence-electron chi connectivity index (χ2n) is 3.35. The van der Waals surface area contributed by atoms with Gasteiger partial charge in [0.2, 0.25) is 6.79 Å². The molecule has 0 unspecified atom stereocenters. The topological polar surface area (TPSA) is 63.9 Å². The van der Waals surface area contributed by atoms with Gasteiger partial charge in [-0.15, -0.1) is 11.3 Å². The van der Waals surface area contributed by atoms with Gasteiger partial charge < -0.3 is 14.7 Å². The van der Waals surface area contributed by atoms with Crippen LogP contribution in [0.2, 0.25) is 0 Å². The summed E-state index contributed by atoms with van der Waals surface area (Å²) in [6, 6.07) is 5.37. The van der Waals surface area contributed by atoms with E-state index in [9.17, 15) is 0 Å². The maximum absolute atomic E-state index is 9.08. The number of thiazole rings is 1. The van der Waals surface area contributed by atoms with Gasteiger partial charge in [0.25, 0.3) is 0 Å². The van der Waals surface area contributed by atoms with Gasteiger partial charge in [-0.2, -0.15) is 0 Å². The van der Waals surface area contributed by atoms with E-state index in [-0.39, 0.29) is 6.79 Å². The third-order valence-electron chi connectivity index (χ3n) is 2.38. The Morgan fingerprint density at radius 3 is 3.00 bits per heavy atom. The summed E-state index contributed by atoms with van der Waals surface area (Å²) in [6.07, 6.45) is 1.66. The van der Waals surface area contributed by atoms with E-state index < -0.39 is 0 Å². The number of rotatable bonds is 2. The van der Waals surface area contributed by atoms with Crippen LogP contribution in [0.3, 0.4) is 0 Å². The molecule has 1 aliphatic rings. The molecule has 0 saturated heterocycles. The second-order valence-corrected chi connectivity index (χ2v) is 4.25. The number of aromatic nitrogens is 1. The molecule has 5 nitrogen and oxygen atoms in total. The molecule has 6 heteroatoms. The first-order chi connectivity index (χ1) is 8.38. The van der Waals surface area contributed by atoms with Crippen molar-refractivity contribution in [1.82, 2.24) is 4.98 Å². The van der Waals surface area contributed by atoms with Crippen LogP contribution in [-0.4, -0.2) is 22.7 Å². The highest BCUT2D eigenvalue weighted by atomic mass is 32.1. The molecule has 0 aliphatic carbocycles. The van der Waals surface area contributed by atoms with Crippen LogP contribution in [0.1, 0.15) is 10.6 Å². The Morgan fingerprint density at radius 1 is 1.35 bits per heavy atom. The fraction of sp³-hybridized carbons (Fsp3) is 0.0909. The van der Waals surface area contributed by atoms with Crippen LogP contribution in [0, 0.1) is 0 Å². The van der Waals surface area contributed by atoms with Crippen molar-refractivity contribution < 1.29 is 14.7 Å². The monoisotopic (exact) mass is 248 g/mol. The van der Waals surface area contributed by atoms with Gasteiger partial charge in [0, 0.05) is 17.1 Å². The van der Waals surface area contributed by atoms with E-state index >= 15 is 0 Å². The molecule has 0 spiro atoms. The summed E-state index contributed by atoms with van der Waals surface area (Å²) in [5.41, 5.74) is 1.17. The summed E-state index contributed by atoms with van der Waals surface area (Å²) >= 11 is 1.41. The van der Waals surface area contributed by atoms with Crippen LogP contribution >= 0.6 is 11.3 Å². The molecule has 0 fully saturated rings. The first-order valence-electron chi connectivity index (χ1n) is 4.90. The van der Waals surface area contributed by atoms with Gasteiger partial charge in [-0.05, 0) is 18.2 Å². The third-order valence-corrected chi connectivity index (χ3v) is 3.16. The molecule has 2 aromatic rings. The largest absolute Gasteiger partial charge is 0.454 e. The van der Waals surface area contributed by atoms with E-state index in [4.69, 9.17) is 14.7 Å². The molecule has 0 radical (unpaired) electrons. The van der Waals surface area contributed by atoms with Gasteiger partial charge in [-0.3, -0.25) is 0 Å². The van der Waals surface area contributed by atoms with E-state index in [0.717, 1.165) is 5.56 Å². The van der Waals surface area contributed by atoms with Gasteiger partial charge in [0.1, 0.15) is 10.7 Å². The van der Waals surface area contributed by atoms with E-state index in [0.29, 0.717) is 22.2 Å². The van der Waals surface area contributed by atoms with Crippen molar-refractivity contribution in [3.63, 3.8) is 0 Å². The van der Waals surface area contributed by atoms with E-state index in [1.807, 2.05) is 11.4 Å². The van der Waals surface area contributed by atoms with Crippen LogP contribution in [0.4, 0.5) is 0 Å². The Kier molecular flexibility index (Phi) is 2.41. The Hall–Kier alpha value is -2.08. The highest BCUT2D eigenvalue weighted by Crippen LogP contribution is 2.33. The number of hydrogen-bond donors (Lipinski definition) is 1. The van der Waals surface area contributed by atoms with Crippen molar-refractivity contribution in [3.8, 4) is 11.5 Å². The normalized spacial score (nSPS) is 14.0. The van der Waals surface area contributed by atoms with Crippen molar-refractivity contribution in [1.29, 1.82) is 0 Å². The Bertz CT molecular complexity index is 566. The molecular weight excluding hydrogens is 240 g/mol. The molecule has 0 amide bonds. The molecule has 3 rings (SSSR count). The summed E-state index contributed by atoms with van der Waals surface area (Å²) in [7, 11) is 0. The fourth-order valence-corrected chi connectivity index (χ4v) is 2.25. The SMILES string of the molecule is ON=C(c1ccc2c(c1)OCO2)c1nccs1. The van der Waals surface area contributed by atoms with Crippen molar-refractivity contribution in [2.75, 3.05) is 6.79 Å². The maximum Gasteiger partial charge on any atom is 0.231 e. The van der Waals surface area contributed by atoms with Crippen LogP contribution in [0.5, 0.6) is 11.5 Å². The summed E-state index contributed by atoms with van der Waals surface area (Å²) in [5, 5.41) is 14.9. The molecule has 1 aromatic heterocycles. The van der Waals surface area contributed by atoms with Gasteiger partial charge in [-0.25, -0.2) is 4.98 Å². The molecule has 1 aromatic carbocycles. The molecule has 2 heterocycles. The predicted molar refractivity (Wildman–Crippen MR) is 62.1 cm³/mol. The molecule has 0 bridgehead atoms. The minimum absolute atomic E-state index is 0.224. The lowest BCUT2D eigenvalue weighted by Gasteiger charge is -2.02. The zero-order chi connectivity index (χ0) is 11.7. The van der Waals surface area contributed by atoms with Gasteiger partial charge in [0.15, 0.2) is 11.5 Å². The molecule has 1 N–H and O–H groups in total. The highest BCUT2D eigenvalue weighted by molar-refractivity contribution is 7.11. The third kappa shape index (κ3) is 1.72. The summed E-state index contributed by atoms with van der Waals surface area (Å²) in [4.78, 5) is 4.11. The number of benzene rings is 1. The average Bonchev–Trinajstić information content (AvgIpc) is 2.99. The minimum Gasteiger partial charge on any atom is -0.454 e. The average molecular weight is 248 g/mol. The van der Waals surface area contributed by atoms with Gasteiger partial charge in [-0.1, -0.05) is 5.16 Å². The van der Waals surface area contributed by atoms with E-state index in [2.05, 4.69) is 10.1 Å². The Morgan fingerprint density at radius 2 is 2.24 bits per heavy atom. The number of fused-ring (bicyclic) bond motifs is 1.